The van der Waals surface area contributed by atoms with Gasteiger partial charge < -0.3 is 48.7 Å². The van der Waals surface area contributed by atoms with Crippen molar-refractivity contribution in [3.05, 3.63) is 0 Å². The molecule has 2 rings (SSSR count). The Morgan fingerprint density at radius 3 is 1.69 bits per heavy atom. The Labute approximate surface area is 276 Å². The minimum atomic E-state index is -6.00. The average Bonchev–Trinajstić information content (AvgIpc) is 3.22. The molecule has 9 atom stereocenters. The van der Waals surface area contributed by atoms with Gasteiger partial charge >= 0.3 is 0 Å². The Bertz CT molecular complexity index is 1450. The van der Waals surface area contributed by atoms with Crippen LogP contribution in [0.4, 0.5) is 0 Å². The standard InChI is InChI=1S/C13H24O31S5/c14-40-35-8-5(2-30-46(18,19)20)1-6(9(36-41-15)11(8)37-42-16)33-13(4-32-48(24,25)26)12(38-45-44-43-17)10(39-49(27,28)29)7(34-13)3-31-47(21,22)23/h5-12,14-17H,1-4H2,(H,18,19,20)(H,21,22,23)(H,24,25,26)(H,27,28,29)/p-8/t5?,6-,7+,8+,9?,10-,11-,12?,13+/m0/s1. The summed E-state index contributed by atoms with van der Waals surface area (Å²) in [5.41, 5.74) is 0. The minimum absolute atomic E-state index is 0.618. The highest BCUT2D eigenvalue weighted by molar-refractivity contribution is 7.89. The topological polar surface area (TPSA) is 459 Å². The van der Waals surface area contributed by atoms with Crippen molar-refractivity contribution >= 4 is 53.9 Å². The van der Waals surface area contributed by atoms with Gasteiger partial charge in [-0.3, -0.25) is 41.1 Å². The Morgan fingerprint density at radius 1 is 0.653 bits per heavy atom. The van der Waals surface area contributed by atoms with Gasteiger partial charge in [0, 0.05) is 5.92 Å². The molecule has 292 valence electrons. The zero-order valence-corrected chi connectivity index (χ0v) is 26.7. The van der Waals surface area contributed by atoms with E-state index in [0.717, 1.165) is 0 Å². The summed E-state index contributed by atoms with van der Waals surface area (Å²) in [5.74, 6) is -5.27. The normalized spacial score (nSPS) is 31.7. The van der Waals surface area contributed by atoms with Crippen LogP contribution in [0, 0.1) is 5.92 Å². The molecule has 1 saturated carbocycles. The Hall–Kier alpha value is -0.770. The van der Waals surface area contributed by atoms with Crippen LogP contribution >= 0.6 is 12.3 Å². The van der Waals surface area contributed by atoms with Crippen molar-refractivity contribution in [2.24, 2.45) is 5.92 Å². The molecule has 0 aromatic heterocycles. The molecule has 3 unspecified atom stereocenters. The summed E-state index contributed by atoms with van der Waals surface area (Å²) in [6, 6.07) is 0. The molecule has 1 aliphatic heterocycles. The molecule has 1 aliphatic carbocycles. The number of hydrogen-bond acceptors (Lipinski definition) is 32. The van der Waals surface area contributed by atoms with E-state index >= 15 is 0 Å². The van der Waals surface area contributed by atoms with Crippen molar-refractivity contribution in [1.29, 1.82) is 0 Å². The van der Waals surface area contributed by atoms with Crippen molar-refractivity contribution in [2.45, 2.75) is 54.9 Å². The van der Waals surface area contributed by atoms with E-state index in [4.69, 9.17) is 13.7 Å². The first-order chi connectivity index (χ1) is 22.6. The van der Waals surface area contributed by atoms with Gasteiger partial charge in [-0.05, 0) is 6.42 Å². The van der Waals surface area contributed by atoms with Gasteiger partial charge in [-0.2, -0.15) is 0 Å². The first-order valence-corrected chi connectivity index (χ1v) is 17.5. The lowest BCUT2D eigenvalue weighted by atomic mass is 9.81. The van der Waals surface area contributed by atoms with E-state index < -0.39 is 135 Å². The first kappa shape index (κ1) is 44.4. The van der Waals surface area contributed by atoms with Crippen molar-refractivity contribution in [2.75, 3.05) is 19.8 Å². The molecule has 2 fully saturated rings. The fourth-order valence-electron chi connectivity index (χ4n) is 4.39. The molecule has 0 radical (unpaired) electrons. The number of ether oxygens (including phenoxy) is 2. The summed E-state index contributed by atoms with van der Waals surface area (Å²) in [6.07, 6.45) is -18.2. The Kier molecular flexibility index (Phi) is 17.1. The van der Waals surface area contributed by atoms with Crippen LogP contribution in [0.5, 0.6) is 0 Å². The van der Waals surface area contributed by atoms with Gasteiger partial charge in [-0.25, -0.2) is 48.3 Å². The maximum atomic E-state index is 11.6. The molecule has 0 bridgehead atoms. The summed E-state index contributed by atoms with van der Waals surface area (Å²) in [7, 11) is -23.2. The number of hydrogen-bond donors (Lipinski definition) is 0. The molecule has 2 aliphatic rings. The largest absolute Gasteiger partial charge is 0.726 e. The SMILES string of the molecule is O=S(=O)([O-])OCC1C[C@H](O[C@]2(COS(=O)(=O)[O-])O[C@H](COS(=O)(=O)[O-])[C@H](OS(=O)(=O)[O-])C2OSOO[O-])C(OO[O-])[C@@H](OO[O-])[C@@H]1OO[O-]. The maximum absolute atomic E-state index is 11.6. The molecule has 0 aromatic carbocycles. The predicted molar refractivity (Wildman–Crippen MR) is 115 cm³/mol. The van der Waals surface area contributed by atoms with E-state index in [1.165, 1.54) is 0 Å². The van der Waals surface area contributed by atoms with Gasteiger partial charge in [0.25, 0.3) is 0 Å². The number of rotatable bonds is 23. The molecular weight excluding hydrogens is 812 g/mol. The van der Waals surface area contributed by atoms with Crippen LogP contribution in [0.1, 0.15) is 6.42 Å². The molecule has 1 heterocycles. The lowest BCUT2D eigenvalue weighted by Crippen LogP contribution is -2.62. The fourth-order valence-corrected chi connectivity index (χ4v) is 6.24. The van der Waals surface area contributed by atoms with Gasteiger partial charge in [0.1, 0.15) is 24.9 Å². The molecule has 0 aromatic rings. The van der Waals surface area contributed by atoms with Crippen LogP contribution in [0.15, 0.2) is 0 Å². The van der Waals surface area contributed by atoms with Crippen LogP contribution < -0.4 is 21.0 Å². The third kappa shape index (κ3) is 14.6. The highest BCUT2D eigenvalue weighted by Gasteiger charge is 2.63. The Morgan fingerprint density at radius 2 is 1.18 bits per heavy atom. The van der Waals surface area contributed by atoms with E-state index in [1.807, 2.05) is 0 Å². The summed E-state index contributed by atoms with van der Waals surface area (Å²) < 4.78 is 171. The summed E-state index contributed by atoms with van der Waals surface area (Å²) in [6.45, 7) is -4.94. The molecule has 36 heteroatoms. The molecule has 49 heavy (non-hydrogen) atoms. The van der Waals surface area contributed by atoms with Crippen LogP contribution in [-0.4, -0.2) is 120 Å². The second-order valence-electron chi connectivity index (χ2n) is 8.75. The quantitative estimate of drug-likeness (QED) is 0.0230. The Balaban J connectivity index is 2.79. The molecule has 0 amide bonds. The zero-order valence-electron chi connectivity index (χ0n) is 22.6. The van der Waals surface area contributed by atoms with Crippen molar-refractivity contribution in [3.8, 4) is 0 Å². The third-order valence-corrected chi connectivity index (χ3v) is 8.01. The molecule has 0 N–H and O–H groups in total. The van der Waals surface area contributed by atoms with Gasteiger partial charge in [-0.15, -0.1) is 4.33 Å². The average molecular weight is 829 g/mol. The van der Waals surface area contributed by atoms with E-state index in [1.54, 1.807) is 0 Å². The third-order valence-electron chi connectivity index (χ3n) is 5.90. The van der Waals surface area contributed by atoms with E-state index in [0.29, 0.717) is 0 Å². The van der Waals surface area contributed by atoms with Gasteiger partial charge in [0.2, 0.25) is 47.4 Å². The van der Waals surface area contributed by atoms with Crippen LogP contribution in [0.25, 0.3) is 0 Å². The van der Waals surface area contributed by atoms with Crippen molar-refractivity contribution < 1.29 is 142 Å². The van der Waals surface area contributed by atoms with E-state index in [9.17, 15) is 72.9 Å². The maximum Gasteiger partial charge on any atom is 0.225 e. The second-order valence-corrected chi connectivity index (χ2v) is 13.4. The predicted octanol–water partition coefficient (Wildman–Crippen LogP) is -9.29. The fraction of sp³-hybridized carbons (Fsp3) is 1.00. The molecule has 1 saturated heterocycles. The summed E-state index contributed by atoms with van der Waals surface area (Å²) in [5, 5.41) is 55.7. The first-order valence-electron chi connectivity index (χ1n) is 11.5. The van der Waals surface area contributed by atoms with Crippen LogP contribution in [0.2, 0.25) is 0 Å². The van der Waals surface area contributed by atoms with Gasteiger partial charge in [-0.1, -0.05) is 0 Å². The highest BCUT2D eigenvalue weighted by atomic mass is 32.3. The lowest BCUT2D eigenvalue weighted by molar-refractivity contribution is -0.832. The minimum Gasteiger partial charge on any atom is -0.726 e. The van der Waals surface area contributed by atoms with Crippen LogP contribution in [-0.2, 0) is 111 Å². The van der Waals surface area contributed by atoms with Gasteiger partial charge in [0.15, 0.2) is 30.6 Å². The summed E-state index contributed by atoms with van der Waals surface area (Å²) >= 11 is -0.618. The molecule has 0 spiro atoms. The second kappa shape index (κ2) is 18.8. The smallest absolute Gasteiger partial charge is 0.225 e. The van der Waals surface area contributed by atoms with E-state index in [-0.39, 0.29) is 0 Å². The van der Waals surface area contributed by atoms with Gasteiger partial charge in [0.05, 0.1) is 19.3 Å². The van der Waals surface area contributed by atoms with E-state index in [2.05, 4.69) is 55.9 Å². The van der Waals surface area contributed by atoms with Crippen molar-refractivity contribution in [3.63, 3.8) is 0 Å². The molecule has 31 nitrogen and oxygen atoms in total. The van der Waals surface area contributed by atoms with Crippen molar-refractivity contribution in [1.82, 2.24) is 0 Å². The zero-order chi connectivity index (χ0) is 37.3. The van der Waals surface area contributed by atoms with Crippen LogP contribution in [0.3, 0.4) is 0 Å². The highest BCUT2D eigenvalue weighted by Crippen LogP contribution is 2.44. The monoisotopic (exact) mass is 828 g/mol. The molecular formula is C13H16O31S5-8. The lowest BCUT2D eigenvalue weighted by Gasteiger charge is -2.47. The summed E-state index contributed by atoms with van der Waals surface area (Å²) in [4.78, 5) is 13.0.